The van der Waals surface area contributed by atoms with Crippen LogP contribution in [0.25, 0.3) is 0 Å². The van der Waals surface area contributed by atoms with Crippen LogP contribution in [0.3, 0.4) is 0 Å². The molecular weight excluding hydrogens is 374 g/mol. The molecule has 0 atom stereocenters. The van der Waals surface area contributed by atoms with Crippen molar-refractivity contribution in [2.45, 2.75) is 10.9 Å². The van der Waals surface area contributed by atoms with Crippen LogP contribution < -0.4 is 0 Å². The molecule has 0 spiro atoms. The summed E-state index contributed by atoms with van der Waals surface area (Å²) in [6.45, 7) is 1.48. The number of nitrogens with zero attached hydrogens (tertiary/aromatic N) is 5. The lowest BCUT2D eigenvalue weighted by molar-refractivity contribution is -0.129. The van der Waals surface area contributed by atoms with Crippen molar-refractivity contribution in [1.82, 2.24) is 24.0 Å². The van der Waals surface area contributed by atoms with Crippen molar-refractivity contribution in [3.05, 3.63) is 42.2 Å². The summed E-state index contributed by atoms with van der Waals surface area (Å²) in [5, 5.41) is 8.39. The van der Waals surface area contributed by atoms with Gasteiger partial charge in [-0.15, -0.1) is 10.2 Å². The molecule has 1 saturated heterocycles. The number of benzene rings is 1. The molecule has 0 saturated carbocycles. The minimum atomic E-state index is -3.37. The van der Waals surface area contributed by atoms with E-state index in [1.165, 1.54) is 16.1 Å². The zero-order valence-electron chi connectivity index (χ0n) is 14.5. The molecule has 2 heterocycles. The fraction of sp³-hybridized carbons (Fsp3) is 0.438. The number of rotatable bonds is 6. The summed E-state index contributed by atoms with van der Waals surface area (Å²) in [6.07, 6.45) is 1.59. The first-order valence-corrected chi connectivity index (χ1v) is 10.8. The lowest BCUT2D eigenvalue weighted by Gasteiger charge is -2.34. The van der Waals surface area contributed by atoms with E-state index in [9.17, 15) is 13.2 Å². The lowest BCUT2D eigenvalue weighted by Crippen LogP contribution is -2.51. The number of piperazine rings is 1. The molecule has 3 rings (SSSR count). The summed E-state index contributed by atoms with van der Waals surface area (Å²) in [5.41, 5.74) is 0.770. The number of thioether (sulfide) groups is 1. The van der Waals surface area contributed by atoms with Gasteiger partial charge in [0.2, 0.25) is 15.9 Å². The number of hydrogen-bond acceptors (Lipinski definition) is 6. The van der Waals surface area contributed by atoms with Gasteiger partial charge < -0.3 is 9.47 Å². The van der Waals surface area contributed by atoms with Gasteiger partial charge in [-0.05, 0) is 5.56 Å². The van der Waals surface area contributed by atoms with Crippen LogP contribution in [0.5, 0.6) is 0 Å². The molecular formula is C16H21N5O3S2. The van der Waals surface area contributed by atoms with Gasteiger partial charge >= 0.3 is 0 Å². The van der Waals surface area contributed by atoms with Crippen LogP contribution in [-0.2, 0) is 27.6 Å². The SMILES string of the molecule is Cn1cnnc1SCC(=O)N1CCN(S(=O)(=O)Cc2ccccc2)CC1. The Balaban J connectivity index is 1.50. The highest BCUT2D eigenvalue weighted by Gasteiger charge is 2.29. The van der Waals surface area contributed by atoms with Gasteiger partial charge in [-0.1, -0.05) is 42.1 Å². The zero-order valence-corrected chi connectivity index (χ0v) is 16.1. The molecule has 140 valence electrons. The summed E-state index contributed by atoms with van der Waals surface area (Å²) < 4.78 is 28.3. The van der Waals surface area contributed by atoms with Gasteiger partial charge in [-0.2, -0.15) is 4.31 Å². The van der Waals surface area contributed by atoms with Crippen molar-refractivity contribution < 1.29 is 13.2 Å². The highest BCUT2D eigenvalue weighted by Crippen LogP contribution is 2.17. The Hall–Kier alpha value is -1.91. The van der Waals surface area contributed by atoms with Gasteiger partial charge in [-0.25, -0.2) is 8.42 Å². The van der Waals surface area contributed by atoms with Crippen LogP contribution in [0.2, 0.25) is 0 Å². The highest BCUT2D eigenvalue weighted by atomic mass is 32.2. The second-order valence-electron chi connectivity index (χ2n) is 6.03. The Morgan fingerprint density at radius 1 is 1.15 bits per heavy atom. The topological polar surface area (TPSA) is 88.4 Å². The molecule has 0 unspecified atom stereocenters. The Kier molecular flexibility index (Phi) is 5.94. The molecule has 0 bridgehead atoms. The standard InChI is InChI=1S/C16H21N5O3S2/c1-19-13-17-18-16(19)25-11-15(22)20-7-9-21(10-8-20)26(23,24)12-14-5-3-2-4-6-14/h2-6,13H,7-12H2,1H3. The molecule has 10 heteroatoms. The quantitative estimate of drug-likeness (QED) is 0.665. The van der Waals surface area contributed by atoms with Crippen molar-refractivity contribution in [1.29, 1.82) is 0 Å². The van der Waals surface area contributed by atoms with Gasteiger partial charge in [0.1, 0.15) is 6.33 Å². The first kappa shape index (κ1) is 18.9. The maximum absolute atomic E-state index is 12.6. The third-order valence-corrected chi connectivity index (χ3v) is 7.04. The maximum Gasteiger partial charge on any atom is 0.233 e. The van der Waals surface area contributed by atoms with Gasteiger partial charge in [-0.3, -0.25) is 4.79 Å². The summed E-state index contributed by atoms with van der Waals surface area (Å²) in [4.78, 5) is 14.0. The van der Waals surface area contributed by atoms with Gasteiger partial charge in [0.05, 0.1) is 11.5 Å². The van der Waals surface area contributed by atoms with E-state index in [1.54, 1.807) is 27.9 Å². The van der Waals surface area contributed by atoms with Crippen molar-refractivity contribution >= 4 is 27.7 Å². The van der Waals surface area contributed by atoms with E-state index >= 15 is 0 Å². The summed E-state index contributed by atoms with van der Waals surface area (Å²) in [7, 11) is -1.55. The molecule has 26 heavy (non-hydrogen) atoms. The summed E-state index contributed by atoms with van der Waals surface area (Å²) >= 11 is 1.33. The number of amides is 1. The first-order chi connectivity index (χ1) is 12.5. The van der Waals surface area contributed by atoms with Crippen LogP contribution in [0, 0.1) is 0 Å². The zero-order chi connectivity index (χ0) is 18.6. The molecule has 0 aliphatic carbocycles. The number of sulfonamides is 1. The third kappa shape index (κ3) is 4.63. The summed E-state index contributed by atoms with van der Waals surface area (Å²) in [6, 6.07) is 9.13. The predicted molar refractivity (Wildman–Crippen MR) is 98.9 cm³/mol. The molecule has 1 aliphatic heterocycles. The van der Waals surface area contributed by atoms with Crippen LogP contribution in [-0.4, -0.2) is 70.2 Å². The van der Waals surface area contributed by atoms with E-state index in [0.29, 0.717) is 31.3 Å². The van der Waals surface area contributed by atoms with E-state index in [2.05, 4.69) is 10.2 Å². The average Bonchev–Trinajstić information content (AvgIpc) is 3.05. The van der Waals surface area contributed by atoms with Crippen molar-refractivity contribution in [3.8, 4) is 0 Å². The largest absolute Gasteiger partial charge is 0.339 e. The molecule has 8 nitrogen and oxygen atoms in total. The number of carbonyl (C=O) groups is 1. The van der Waals surface area contributed by atoms with Crippen LogP contribution in [0.1, 0.15) is 5.56 Å². The third-order valence-electron chi connectivity index (χ3n) is 4.17. The Labute approximate surface area is 157 Å². The molecule has 2 aromatic rings. The van der Waals surface area contributed by atoms with E-state index in [-0.39, 0.29) is 17.4 Å². The molecule has 0 N–H and O–H groups in total. The fourth-order valence-electron chi connectivity index (χ4n) is 2.71. The van der Waals surface area contributed by atoms with Crippen molar-refractivity contribution in [2.24, 2.45) is 7.05 Å². The van der Waals surface area contributed by atoms with Crippen LogP contribution in [0.4, 0.5) is 0 Å². The lowest BCUT2D eigenvalue weighted by atomic mass is 10.2. The minimum Gasteiger partial charge on any atom is -0.339 e. The van der Waals surface area contributed by atoms with Gasteiger partial charge in [0, 0.05) is 33.2 Å². The Morgan fingerprint density at radius 3 is 2.46 bits per heavy atom. The monoisotopic (exact) mass is 395 g/mol. The van der Waals surface area contributed by atoms with E-state index in [0.717, 1.165) is 5.56 Å². The maximum atomic E-state index is 12.6. The van der Waals surface area contributed by atoms with Gasteiger partial charge in [0.15, 0.2) is 5.16 Å². The normalized spacial score (nSPS) is 16.0. The predicted octanol–water partition coefficient (Wildman–Crippen LogP) is 0.581. The smallest absolute Gasteiger partial charge is 0.233 e. The molecule has 1 amide bonds. The van der Waals surface area contributed by atoms with Crippen LogP contribution >= 0.6 is 11.8 Å². The van der Waals surface area contributed by atoms with E-state index in [1.807, 2.05) is 25.2 Å². The molecule has 1 fully saturated rings. The minimum absolute atomic E-state index is 0.0101. The van der Waals surface area contributed by atoms with Crippen molar-refractivity contribution in [3.63, 3.8) is 0 Å². The van der Waals surface area contributed by atoms with Crippen molar-refractivity contribution in [2.75, 3.05) is 31.9 Å². The molecule has 1 aromatic carbocycles. The number of aromatic nitrogens is 3. The first-order valence-electron chi connectivity index (χ1n) is 8.22. The van der Waals surface area contributed by atoms with Gasteiger partial charge in [0.25, 0.3) is 0 Å². The van der Waals surface area contributed by atoms with E-state index in [4.69, 9.17) is 0 Å². The Bertz CT molecular complexity index is 846. The number of aryl methyl sites for hydroxylation is 1. The van der Waals surface area contributed by atoms with Crippen LogP contribution in [0.15, 0.2) is 41.8 Å². The second-order valence-corrected chi connectivity index (χ2v) is 8.95. The Morgan fingerprint density at radius 2 is 1.85 bits per heavy atom. The second kappa shape index (κ2) is 8.19. The highest BCUT2D eigenvalue weighted by molar-refractivity contribution is 7.99. The number of hydrogen-bond donors (Lipinski definition) is 0. The van der Waals surface area contributed by atoms with E-state index < -0.39 is 10.0 Å². The molecule has 1 aliphatic rings. The summed E-state index contributed by atoms with van der Waals surface area (Å²) in [5.74, 6) is 0.241. The fourth-order valence-corrected chi connectivity index (χ4v) is 5.02. The molecule has 1 aromatic heterocycles. The number of carbonyl (C=O) groups excluding carboxylic acids is 1. The average molecular weight is 396 g/mol. The molecule has 0 radical (unpaired) electrons.